The molecule has 2 aromatic rings. The molecule has 148 valence electrons. The van der Waals surface area contributed by atoms with Crippen molar-refractivity contribution in [1.29, 1.82) is 0 Å². The van der Waals surface area contributed by atoms with Gasteiger partial charge in [-0.2, -0.15) is 8.75 Å². The van der Waals surface area contributed by atoms with Crippen LogP contribution in [0.2, 0.25) is 0 Å². The van der Waals surface area contributed by atoms with Gasteiger partial charge >= 0.3 is 6.09 Å². The fourth-order valence-corrected chi connectivity index (χ4v) is 3.62. The monoisotopic (exact) mass is 417 g/mol. The van der Waals surface area contributed by atoms with Crippen LogP contribution >= 0.6 is 11.7 Å². The Hall–Kier alpha value is -2.35. The quantitative estimate of drug-likeness (QED) is 0.386. The molecule has 27 heavy (non-hydrogen) atoms. The number of hydrazine groups is 1. The minimum atomic E-state index is -3.98. The van der Waals surface area contributed by atoms with Gasteiger partial charge < -0.3 is 9.47 Å². The van der Waals surface area contributed by atoms with Crippen molar-refractivity contribution in [2.24, 2.45) is 0 Å². The smallest absolute Gasteiger partial charge is 0.426 e. The number of sulfonamides is 1. The third kappa shape index (κ3) is 6.39. The summed E-state index contributed by atoms with van der Waals surface area (Å²) in [5, 5.41) is 0. The number of carbonyl (C=O) groups is 2. The van der Waals surface area contributed by atoms with Crippen molar-refractivity contribution in [2.75, 3.05) is 26.4 Å². The zero-order valence-corrected chi connectivity index (χ0v) is 16.1. The Morgan fingerprint density at radius 3 is 2.74 bits per heavy atom. The highest BCUT2D eigenvalue weighted by Gasteiger charge is 2.20. The van der Waals surface area contributed by atoms with Gasteiger partial charge in [0.2, 0.25) is 10.0 Å². The lowest BCUT2D eigenvalue weighted by molar-refractivity contribution is -0.120. The van der Waals surface area contributed by atoms with Gasteiger partial charge in [-0.05, 0) is 18.6 Å². The summed E-state index contributed by atoms with van der Waals surface area (Å²) in [5.74, 6) is -0.777. The van der Waals surface area contributed by atoms with Gasteiger partial charge in [-0.1, -0.05) is 13.0 Å². The summed E-state index contributed by atoms with van der Waals surface area (Å²) in [5.41, 5.74) is 4.71. The van der Waals surface area contributed by atoms with E-state index in [0.29, 0.717) is 12.1 Å². The number of benzene rings is 1. The van der Waals surface area contributed by atoms with Gasteiger partial charge in [0.05, 0.1) is 24.9 Å². The number of rotatable bonds is 9. The van der Waals surface area contributed by atoms with Gasteiger partial charge in [-0.25, -0.2) is 23.4 Å². The molecule has 0 saturated heterocycles. The summed E-state index contributed by atoms with van der Waals surface area (Å²) in [6.45, 7) is 2.19. The fourth-order valence-electron chi connectivity index (χ4n) is 1.88. The lowest BCUT2D eigenvalue weighted by Crippen LogP contribution is -2.46. The largest absolute Gasteiger partial charge is 0.446 e. The molecule has 0 fully saturated rings. The molecule has 0 radical (unpaired) electrons. The standard InChI is InChI=1S/C14H19N5O6S2/c1-2-6-24-7-8-25-14(21)17-16-12(20)9-15-27(22,23)11-5-3-4-10-13(11)19-26-18-10/h3-5,15H,2,6-9H2,1H3,(H,16,20)(H,17,21). The minimum Gasteiger partial charge on any atom is -0.446 e. The maximum atomic E-state index is 12.3. The molecular formula is C14H19N5O6S2. The second-order valence-electron chi connectivity index (χ2n) is 5.13. The molecule has 0 aliphatic carbocycles. The first kappa shape index (κ1) is 21.0. The van der Waals surface area contributed by atoms with E-state index >= 15 is 0 Å². The molecule has 1 aromatic carbocycles. The molecule has 0 bridgehead atoms. The molecular weight excluding hydrogens is 398 g/mol. The molecule has 13 heteroatoms. The Morgan fingerprint density at radius 1 is 1.15 bits per heavy atom. The van der Waals surface area contributed by atoms with Crippen LogP contribution < -0.4 is 15.6 Å². The molecule has 0 spiro atoms. The third-order valence-electron chi connectivity index (χ3n) is 3.07. The highest BCUT2D eigenvalue weighted by molar-refractivity contribution is 7.89. The summed E-state index contributed by atoms with van der Waals surface area (Å²) in [4.78, 5) is 23.0. The number of nitrogens with zero attached hydrogens (tertiary/aromatic N) is 2. The van der Waals surface area contributed by atoms with Crippen LogP contribution in [0.25, 0.3) is 11.0 Å². The normalized spacial score (nSPS) is 11.3. The highest BCUT2D eigenvalue weighted by Crippen LogP contribution is 2.20. The van der Waals surface area contributed by atoms with E-state index in [1.165, 1.54) is 12.1 Å². The molecule has 1 heterocycles. The molecule has 0 aliphatic heterocycles. The molecule has 1 aromatic heterocycles. The number of hydrogen-bond acceptors (Lipinski definition) is 9. The first-order valence-corrected chi connectivity index (χ1v) is 10.2. The van der Waals surface area contributed by atoms with Crippen LogP contribution in [0.5, 0.6) is 0 Å². The van der Waals surface area contributed by atoms with E-state index in [1.807, 2.05) is 17.8 Å². The molecule has 0 unspecified atom stereocenters. The highest BCUT2D eigenvalue weighted by atomic mass is 32.2. The van der Waals surface area contributed by atoms with Crippen LogP contribution in [0.1, 0.15) is 13.3 Å². The van der Waals surface area contributed by atoms with Crippen LogP contribution in [0, 0.1) is 0 Å². The van der Waals surface area contributed by atoms with Gasteiger partial charge in [-0.3, -0.25) is 10.2 Å². The van der Waals surface area contributed by atoms with Gasteiger partial charge in [0.25, 0.3) is 5.91 Å². The van der Waals surface area contributed by atoms with E-state index in [9.17, 15) is 18.0 Å². The van der Waals surface area contributed by atoms with Gasteiger partial charge in [0, 0.05) is 6.61 Å². The van der Waals surface area contributed by atoms with E-state index in [2.05, 4.69) is 13.5 Å². The molecule has 3 N–H and O–H groups in total. The Morgan fingerprint density at radius 2 is 1.96 bits per heavy atom. The second-order valence-corrected chi connectivity index (χ2v) is 7.40. The van der Waals surface area contributed by atoms with Crippen LogP contribution in [-0.2, 0) is 24.3 Å². The topological polar surface area (TPSA) is 149 Å². The first-order chi connectivity index (χ1) is 12.9. The number of fused-ring (bicyclic) bond motifs is 1. The fraction of sp³-hybridized carbons (Fsp3) is 0.429. The van der Waals surface area contributed by atoms with Crippen molar-refractivity contribution in [2.45, 2.75) is 18.2 Å². The van der Waals surface area contributed by atoms with Crippen LogP contribution in [-0.4, -0.2) is 55.5 Å². The molecule has 11 nitrogen and oxygen atoms in total. The summed E-state index contributed by atoms with van der Waals surface area (Å²) in [6.07, 6.45) is -0.0318. The minimum absolute atomic E-state index is 0.0278. The number of amides is 2. The van der Waals surface area contributed by atoms with E-state index in [-0.39, 0.29) is 23.6 Å². The molecule has 2 rings (SSSR count). The van der Waals surface area contributed by atoms with Crippen molar-refractivity contribution in [1.82, 2.24) is 24.3 Å². The predicted octanol–water partition coefficient (Wildman–Crippen LogP) is 0.154. The summed E-state index contributed by atoms with van der Waals surface area (Å²) in [6, 6.07) is 4.52. The summed E-state index contributed by atoms with van der Waals surface area (Å²) < 4.78 is 44.6. The third-order valence-corrected chi connectivity index (χ3v) is 5.05. The molecule has 2 amide bonds. The average molecular weight is 417 g/mol. The summed E-state index contributed by atoms with van der Waals surface area (Å²) >= 11 is 0.888. The molecule has 0 saturated carbocycles. The van der Waals surface area contributed by atoms with E-state index in [0.717, 1.165) is 18.1 Å². The predicted molar refractivity (Wildman–Crippen MR) is 96.3 cm³/mol. The number of aromatic nitrogens is 2. The van der Waals surface area contributed by atoms with Crippen LogP contribution in [0.4, 0.5) is 4.79 Å². The maximum absolute atomic E-state index is 12.3. The van der Waals surface area contributed by atoms with Gasteiger partial charge in [0.1, 0.15) is 22.5 Å². The van der Waals surface area contributed by atoms with Crippen LogP contribution in [0.15, 0.2) is 23.1 Å². The zero-order chi connectivity index (χ0) is 19.7. The second kappa shape index (κ2) is 10.1. The van der Waals surface area contributed by atoms with Gasteiger partial charge in [-0.15, -0.1) is 0 Å². The number of ether oxygens (including phenoxy) is 2. The van der Waals surface area contributed by atoms with Crippen molar-refractivity contribution < 1.29 is 27.5 Å². The van der Waals surface area contributed by atoms with E-state index in [1.54, 1.807) is 6.07 Å². The van der Waals surface area contributed by atoms with Crippen molar-refractivity contribution in [3.63, 3.8) is 0 Å². The first-order valence-electron chi connectivity index (χ1n) is 7.94. The maximum Gasteiger partial charge on any atom is 0.426 e. The lowest BCUT2D eigenvalue weighted by atomic mass is 10.3. The average Bonchev–Trinajstić information content (AvgIpc) is 3.13. The van der Waals surface area contributed by atoms with Gasteiger partial charge in [0.15, 0.2) is 0 Å². The molecule has 0 atom stereocenters. The van der Waals surface area contributed by atoms with Crippen molar-refractivity contribution >= 4 is 44.8 Å². The number of carbonyl (C=O) groups excluding carboxylic acids is 2. The lowest BCUT2D eigenvalue weighted by Gasteiger charge is -2.10. The Bertz CT molecular complexity index is 885. The number of hydrogen-bond donors (Lipinski definition) is 3. The van der Waals surface area contributed by atoms with E-state index in [4.69, 9.17) is 9.47 Å². The van der Waals surface area contributed by atoms with Crippen LogP contribution in [0.3, 0.4) is 0 Å². The summed E-state index contributed by atoms with van der Waals surface area (Å²) in [7, 11) is -3.98. The Balaban J connectivity index is 1.76. The van der Waals surface area contributed by atoms with Crippen molar-refractivity contribution in [3.8, 4) is 0 Å². The molecule has 0 aliphatic rings. The Labute approximate surface area is 159 Å². The van der Waals surface area contributed by atoms with Crippen molar-refractivity contribution in [3.05, 3.63) is 18.2 Å². The Kier molecular flexibility index (Phi) is 7.84. The van der Waals surface area contributed by atoms with E-state index < -0.39 is 28.6 Å². The zero-order valence-electron chi connectivity index (χ0n) is 14.4. The SMILES string of the molecule is CCCOCCOC(=O)NNC(=O)CNS(=O)(=O)c1cccc2nsnc12. The number of nitrogens with one attached hydrogen (secondary N) is 3.